The second-order valence-electron chi connectivity index (χ2n) is 7.29. The van der Waals surface area contributed by atoms with Crippen molar-refractivity contribution in [1.29, 1.82) is 0 Å². The highest BCUT2D eigenvalue weighted by Crippen LogP contribution is 2.33. The number of rotatable bonds is 6. The van der Waals surface area contributed by atoms with Gasteiger partial charge in [-0.3, -0.25) is 9.59 Å². The maximum absolute atomic E-state index is 12.9. The topological polar surface area (TPSA) is 59.1 Å². The van der Waals surface area contributed by atoms with Crippen LogP contribution in [0, 0.1) is 0 Å². The molecule has 0 radical (unpaired) electrons. The van der Waals surface area contributed by atoms with Crippen LogP contribution in [0.25, 0.3) is 6.08 Å². The lowest BCUT2D eigenvalue weighted by molar-refractivity contribution is -0.137. The highest BCUT2D eigenvalue weighted by Gasteiger charge is 2.32. The number of piperazine rings is 1. The number of para-hydroxylation sites is 1. The van der Waals surface area contributed by atoms with E-state index in [4.69, 9.17) is 4.74 Å². The Labute approximate surface area is 192 Å². The molecule has 1 aliphatic heterocycles. The van der Waals surface area contributed by atoms with Crippen LogP contribution in [0.5, 0.6) is 11.5 Å². The summed E-state index contributed by atoms with van der Waals surface area (Å²) in [6, 6.07) is 8.65. The summed E-state index contributed by atoms with van der Waals surface area (Å²) in [6.07, 6.45) is -2.04. The van der Waals surface area contributed by atoms with E-state index in [9.17, 15) is 31.5 Å². The van der Waals surface area contributed by atoms with Gasteiger partial charge in [0.05, 0.1) is 12.7 Å². The van der Waals surface area contributed by atoms with Gasteiger partial charge >= 0.3 is 12.8 Å². The van der Waals surface area contributed by atoms with Crippen LogP contribution in [0.2, 0.25) is 0 Å². The molecule has 34 heavy (non-hydrogen) atoms. The summed E-state index contributed by atoms with van der Waals surface area (Å²) in [6.45, 7) is -2.50. The predicted molar refractivity (Wildman–Crippen MR) is 113 cm³/mol. The molecular formula is C23H21F5N2O4. The number of halogens is 5. The summed E-state index contributed by atoms with van der Waals surface area (Å²) in [7, 11) is 1.30. The van der Waals surface area contributed by atoms with Crippen molar-refractivity contribution in [1.82, 2.24) is 9.80 Å². The van der Waals surface area contributed by atoms with Crippen molar-refractivity contribution in [2.24, 2.45) is 0 Å². The van der Waals surface area contributed by atoms with Gasteiger partial charge in [0, 0.05) is 43.4 Å². The first-order chi connectivity index (χ1) is 16.1. The van der Waals surface area contributed by atoms with E-state index in [1.165, 1.54) is 53.3 Å². The van der Waals surface area contributed by atoms with E-state index in [1.54, 1.807) is 6.07 Å². The fourth-order valence-corrected chi connectivity index (χ4v) is 3.45. The van der Waals surface area contributed by atoms with Gasteiger partial charge in [0.2, 0.25) is 5.91 Å². The molecular weight excluding hydrogens is 463 g/mol. The van der Waals surface area contributed by atoms with E-state index >= 15 is 0 Å². The van der Waals surface area contributed by atoms with Crippen LogP contribution in [0.3, 0.4) is 0 Å². The Morgan fingerprint density at radius 1 is 1.00 bits per heavy atom. The number of carbonyl (C=O) groups is 2. The van der Waals surface area contributed by atoms with Gasteiger partial charge < -0.3 is 19.3 Å². The normalized spacial score (nSPS) is 14.6. The van der Waals surface area contributed by atoms with Gasteiger partial charge in [0.25, 0.3) is 5.91 Å². The number of alkyl halides is 5. The maximum atomic E-state index is 12.9. The van der Waals surface area contributed by atoms with Crippen molar-refractivity contribution in [2.45, 2.75) is 12.8 Å². The Bertz CT molecular complexity index is 1060. The number of methoxy groups -OCH3 is 1. The lowest BCUT2D eigenvalue weighted by Gasteiger charge is -2.34. The largest absolute Gasteiger partial charge is 0.493 e. The molecule has 1 aliphatic rings. The van der Waals surface area contributed by atoms with E-state index in [1.807, 2.05) is 0 Å². The molecule has 0 aromatic heterocycles. The van der Waals surface area contributed by atoms with Crippen LogP contribution in [-0.4, -0.2) is 61.5 Å². The lowest BCUT2D eigenvalue weighted by atomic mass is 10.1. The molecule has 182 valence electrons. The number of amides is 2. The van der Waals surface area contributed by atoms with Gasteiger partial charge in [0.15, 0.2) is 11.5 Å². The van der Waals surface area contributed by atoms with Crippen LogP contribution in [0.4, 0.5) is 22.0 Å². The molecule has 0 N–H and O–H groups in total. The monoisotopic (exact) mass is 484 g/mol. The number of hydrogen-bond donors (Lipinski definition) is 0. The summed E-state index contributed by atoms with van der Waals surface area (Å²) in [5, 5.41) is 0. The molecule has 0 unspecified atom stereocenters. The van der Waals surface area contributed by atoms with Crippen LogP contribution in [0.15, 0.2) is 48.5 Å². The Kier molecular flexibility index (Phi) is 7.75. The van der Waals surface area contributed by atoms with Crippen molar-refractivity contribution in [3.05, 3.63) is 65.2 Å². The maximum Gasteiger partial charge on any atom is 0.416 e. The number of nitrogens with zero attached hydrogens (tertiary/aromatic N) is 2. The zero-order valence-corrected chi connectivity index (χ0v) is 18.0. The lowest BCUT2D eigenvalue weighted by Crippen LogP contribution is -2.50. The van der Waals surface area contributed by atoms with Crippen molar-refractivity contribution < 1.29 is 41.0 Å². The first-order valence-electron chi connectivity index (χ1n) is 10.2. The summed E-state index contributed by atoms with van der Waals surface area (Å²) < 4.78 is 73.8. The van der Waals surface area contributed by atoms with Crippen molar-refractivity contribution >= 4 is 17.9 Å². The quantitative estimate of drug-likeness (QED) is 0.453. The van der Waals surface area contributed by atoms with Crippen molar-refractivity contribution in [3.8, 4) is 11.5 Å². The molecule has 2 aromatic rings. The highest BCUT2D eigenvalue weighted by molar-refractivity contribution is 5.95. The average Bonchev–Trinajstić information content (AvgIpc) is 2.82. The first-order valence-corrected chi connectivity index (χ1v) is 10.2. The molecule has 1 saturated heterocycles. The minimum atomic E-state index is -4.56. The molecule has 0 aliphatic carbocycles. The van der Waals surface area contributed by atoms with Crippen molar-refractivity contribution in [3.63, 3.8) is 0 Å². The predicted octanol–water partition coefficient (Wildman–Crippen LogP) is 4.31. The Hall–Kier alpha value is -3.63. The highest BCUT2D eigenvalue weighted by atomic mass is 19.4. The number of benzene rings is 2. The zero-order chi connectivity index (χ0) is 24.9. The smallest absolute Gasteiger partial charge is 0.416 e. The molecule has 11 heteroatoms. The van der Waals surface area contributed by atoms with Crippen LogP contribution < -0.4 is 9.47 Å². The molecule has 0 spiro atoms. The minimum absolute atomic E-state index is 0.0802. The SMILES string of the molecule is COc1cccc(C=CC(=O)N2CCN(C(=O)c3cccc(C(F)(F)F)c3)CC2)c1OC(F)F. The Balaban J connectivity index is 1.63. The second-order valence-corrected chi connectivity index (χ2v) is 7.29. The minimum Gasteiger partial charge on any atom is -0.493 e. The van der Waals surface area contributed by atoms with Gasteiger partial charge in [-0.15, -0.1) is 0 Å². The second kappa shape index (κ2) is 10.5. The number of hydrogen-bond acceptors (Lipinski definition) is 4. The molecule has 0 saturated carbocycles. The molecule has 0 atom stereocenters. The van der Waals surface area contributed by atoms with Crippen LogP contribution in [0.1, 0.15) is 21.5 Å². The number of carbonyl (C=O) groups excluding carboxylic acids is 2. The Morgan fingerprint density at radius 2 is 1.65 bits per heavy atom. The summed E-state index contributed by atoms with van der Waals surface area (Å²) in [5.74, 6) is -1.10. The third-order valence-corrected chi connectivity index (χ3v) is 5.16. The molecule has 1 fully saturated rings. The molecule has 2 aromatic carbocycles. The molecule has 0 bridgehead atoms. The average molecular weight is 484 g/mol. The van der Waals surface area contributed by atoms with Gasteiger partial charge in [-0.05, 0) is 30.3 Å². The first kappa shape index (κ1) is 25.0. The standard InChI is InChI=1S/C23H21F5N2O4/c1-33-18-7-3-4-15(20(18)34-22(24)25)8-9-19(31)29-10-12-30(13-11-29)21(32)16-5-2-6-17(14-16)23(26,27)28/h2-9,14,22H,10-13H2,1H3. The molecule has 3 rings (SSSR count). The molecule has 1 heterocycles. The van der Waals surface area contributed by atoms with Crippen LogP contribution in [-0.2, 0) is 11.0 Å². The van der Waals surface area contributed by atoms with E-state index in [2.05, 4.69) is 4.74 Å². The van der Waals surface area contributed by atoms with Gasteiger partial charge in [-0.1, -0.05) is 18.2 Å². The van der Waals surface area contributed by atoms with E-state index in [0.717, 1.165) is 12.1 Å². The summed E-state index contributed by atoms with van der Waals surface area (Å²) in [5.41, 5.74) is -0.782. The van der Waals surface area contributed by atoms with Gasteiger partial charge in [-0.2, -0.15) is 22.0 Å². The fourth-order valence-electron chi connectivity index (χ4n) is 3.45. The Morgan fingerprint density at radius 3 is 2.26 bits per heavy atom. The summed E-state index contributed by atoms with van der Waals surface area (Å²) >= 11 is 0. The van der Waals surface area contributed by atoms with Gasteiger partial charge in [-0.25, -0.2) is 0 Å². The summed E-state index contributed by atoms with van der Waals surface area (Å²) in [4.78, 5) is 28.0. The molecule has 2 amide bonds. The van der Waals surface area contributed by atoms with E-state index in [0.29, 0.717) is 0 Å². The third-order valence-electron chi connectivity index (χ3n) is 5.16. The zero-order valence-electron chi connectivity index (χ0n) is 18.0. The van der Waals surface area contributed by atoms with Crippen LogP contribution >= 0.6 is 0 Å². The van der Waals surface area contributed by atoms with E-state index < -0.39 is 30.2 Å². The molecule has 6 nitrogen and oxygen atoms in total. The van der Waals surface area contributed by atoms with Crippen molar-refractivity contribution in [2.75, 3.05) is 33.3 Å². The van der Waals surface area contributed by atoms with E-state index in [-0.39, 0.29) is 48.8 Å². The third kappa shape index (κ3) is 6.03. The van der Waals surface area contributed by atoms with Gasteiger partial charge in [0.1, 0.15) is 0 Å². The number of ether oxygens (including phenoxy) is 2. The fraction of sp³-hybridized carbons (Fsp3) is 0.304.